The van der Waals surface area contributed by atoms with E-state index < -0.39 is 11.9 Å². The summed E-state index contributed by atoms with van der Waals surface area (Å²) in [4.78, 5) is 18.1. The van der Waals surface area contributed by atoms with Gasteiger partial charge in [0.15, 0.2) is 0 Å². The number of nitrogens with zero attached hydrogens (tertiary/aromatic N) is 2. The molecule has 0 bridgehead atoms. The molecular weight excluding hydrogens is 412 g/mol. The van der Waals surface area contributed by atoms with Crippen LogP contribution in [0.15, 0.2) is 42.5 Å². The topological polar surface area (TPSA) is 65.5 Å². The number of aromatic nitrogens is 1. The van der Waals surface area contributed by atoms with Crippen LogP contribution < -0.4 is 10.2 Å². The highest BCUT2D eigenvalue weighted by atomic mass is 19.3. The first-order chi connectivity index (χ1) is 15.1. The molecule has 0 radical (unpaired) electrons. The molecule has 0 saturated carbocycles. The molecule has 32 heavy (non-hydrogen) atoms. The number of rotatable bonds is 5. The van der Waals surface area contributed by atoms with Gasteiger partial charge in [-0.25, -0.2) is 18.6 Å². The van der Waals surface area contributed by atoms with E-state index >= 15 is 0 Å². The monoisotopic (exact) mass is 439 g/mol. The van der Waals surface area contributed by atoms with E-state index in [1.165, 1.54) is 0 Å². The smallest absolute Gasteiger partial charge is 0.337 e. The molecule has 4 rings (SSSR count). The summed E-state index contributed by atoms with van der Waals surface area (Å²) >= 11 is 0. The Bertz CT molecular complexity index is 1180. The number of aromatic carboxylic acids is 1. The first kappa shape index (κ1) is 22.0. The van der Waals surface area contributed by atoms with Crippen LogP contribution in [0.25, 0.3) is 10.9 Å². The molecule has 0 amide bonds. The minimum Gasteiger partial charge on any atom is -0.478 e. The average molecular weight is 440 g/mol. The summed E-state index contributed by atoms with van der Waals surface area (Å²) in [5.74, 6) is -3.14. The van der Waals surface area contributed by atoms with Gasteiger partial charge >= 0.3 is 5.97 Å². The SMILES string of the molecule is Cc1cc([C@H](C)Nc2ccccc2C(=O)O)c2nc(N3CCCC(F)(F)C3)c(C)cc2c1. The van der Waals surface area contributed by atoms with Gasteiger partial charge in [0, 0.05) is 29.6 Å². The fourth-order valence-corrected chi connectivity index (χ4v) is 4.47. The Hall–Kier alpha value is -3.22. The fourth-order valence-electron chi connectivity index (χ4n) is 4.47. The van der Waals surface area contributed by atoms with Gasteiger partial charge in [-0.05, 0) is 57.0 Å². The van der Waals surface area contributed by atoms with Gasteiger partial charge in [0.05, 0.1) is 23.7 Å². The predicted molar refractivity (Wildman–Crippen MR) is 123 cm³/mol. The van der Waals surface area contributed by atoms with Crippen molar-refractivity contribution in [3.63, 3.8) is 0 Å². The highest BCUT2D eigenvalue weighted by Gasteiger charge is 2.36. The van der Waals surface area contributed by atoms with Crippen LogP contribution in [-0.4, -0.2) is 35.1 Å². The number of hydrogen-bond acceptors (Lipinski definition) is 4. The molecule has 1 saturated heterocycles. The summed E-state index contributed by atoms with van der Waals surface area (Å²) in [6.45, 7) is 6.07. The van der Waals surface area contributed by atoms with Crippen LogP contribution in [0.3, 0.4) is 0 Å². The molecule has 2 heterocycles. The van der Waals surface area contributed by atoms with E-state index in [-0.39, 0.29) is 24.6 Å². The van der Waals surface area contributed by atoms with Crippen molar-refractivity contribution in [2.75, 3.05) is 23.3 Å². The fraction of sp³-hybridized carbons (Fsp3) is 0.360. The summed E-state index contributed by atoms with van der Waals surface area (Å²) < 4.78 is 28.1. The molecule has 5 nitrogen and oxygen atoms in total. The minimum atomic E-state index is -2.72. The lowest BCUT2D eigenvalue weighted by molar-refractivity contribution is -0.0118. The lowest BCUT2D eigenvalue weighted by Crippen LogP contribution is -2.43. The number of hydrogen-bond donors (Lipinski definition) is 2. The first-order valence-electron chi connectivity index (χ1n) is 10.8. The molecule has 2 aromatic carbocycles. The predicted octanol–water partition coefficient (Wildman–Crippen LogP) is 5.96. The Labute approximate surface area is 186 Å². The summed E-state index contributed by atoms with van der Waals surface area (Å²) in [5.41, 5.74) is 4.25. The molecular formula is C25H27F2N3O2. The lowest BCUT2D eigenvalue weighted by Gasteiger charge is -2.34. The molecule has 1 aromatic heterocycles. The van der Waals surface area contributed by atoms with Crippen molar-refractivity contribution in [3.8, 4) is 0 Å². The second kappa shape index (κ2) is 8.37. The molecule has 1 atom stereocenters. The maximum absolute atomic E-state index is 14.1. The third-order valence-electron chi connectivity index (χ3n) is 5.94. The largest absolute Gasteiger partial charge is 0.478 e. The normalized spacial score (nSPS) is 16.7. The molecule has 1 fully saturated rings. The number of piperidine rings is 1. The van der Waals surface area contributed by atoms with Crippen LogP contribution in [0, 0.1) is 13.8 Å². The highest BCUT2D eigenvalue weighted by molar-refractivity contribution is 5.94. The van der Waals surface area contributed by atoms with Crippen molar-refractivity contribution < 1.29 is 18.7 Å². The standard InChI is InChI=1S/C25H27F2N3O2/c1-15-11-18-13-16(2)23(30-10-6-9-25(26,27)14-30)29-22(18)20(12-15)17(3)28-21-8-5-4-7-19(21)24(31)32/h4-5,7-8,11-13,17,28H,6,9-10,14H2,1-3H3,(H,31,32)/t17-/m0/s1. The van der Waals surface area contributed by atoms with Gasteiger partial charge < -0.3 is 15.3 Å². The molecule has 7 heteroatoms. The Kier molecular flexibility index (Phi) is 5.75. The van der Waals surface area contributed by atoms with Crippen LogP contribution in [-0.2, 0) is 0 Å². The zero-order chi connectivity index (χ0) is 23.0. The summed E-state index contributed by atoms with van der Waals surface area (Å²) in [6.07, 6.45) is 0.335. The summed E-state index contributed by atoms with van der Waals surface area (Å²) in [5, 5.41) is 13.7. The Morgan fingerprint density at radius 1 is 1.22 bits per heavy atom. The number of para-hydroxylation sites is 1. The number of anilines is 2. The zero-order valence-corrected chi connectivity index (χ0v) is 18.5. The van der Waals surface area contributed by atoms with Crippen LogP contribution >= 0.6 is 0 Å². The van der Waals surface area contributed by atoms with E-state index in [9.17, 15) is 18.7 Å². The maximum atomic E-state index is 14.1. The van der Waals surface area contributed by atoms with E-state index in [4.69, 9.17) is 4.98 Å². The van der Waals surface area contributed by atoms with Crippen molar-refractivity contribution in [1.29, 1.82) is 0 Å². The van der Waals surface area contributed by atoms with E-state index in [0.29, 0.717) is 24.5 Å². The van der Waals surface area contributed by atoms with Crippen LogP contribution in [0.4, 0.5) is 20.3 Å². The lowest BCUT2D eigenvalue weighted by atomic mass is 9.98. The minimum absolute atomic E-state index is 0.0927. The number of carbonyl (C=O) groups is 1. The Morgan fingerprint density at radius 2 is 1.97 bits per heavy atom. The van der Waals surface area contributed by atoms with Gasteiger partial charge in [-0.2, -0.15) is 0 Å². The quantitative estimate of drug-likeness (QED) is 0.514. The molecule has 1 aliphatic rings. The van der Waals surface area contributed by atoms with Gasteiger partial charge in [0.2, 0.25) is 0 Å². The molecule has 0 aliphatic carbocycles. The van der Waals surface area contributed by atoms with Gasteiger partial charge in [0.25, 0.3) is 5.92 Å². The second-order valence-electron chi connectivity index (χ2n) is 8.65. The van der Waals surface area contributed by atoms with Crippen molar-refractivity contribution in [2.45, 2.75) is 45.6 Å². The zero-order valence-electron chi connectivity index (χ0n) is 18.5. The van der Waals surface area contributed by atoms with Gasteiger partial charge in [-0.15, -0.1) is 0 Å². The number of aryl methyl sites for hydroxylation is 2. The van der Waals surface area contributed by atoms with Gasteiger partial charge in [0.1, 0.15) is 5.82 Å². The molecule has 1 aliphatic heterocycles. The van der Waals surface area contributed by atoms with Crippen molar-refractivity contribution >= 4 is 28.4 Å². The maximum Gasteiger partial charge on any atom is 0.337 e. The average Bonchev–Trinajstić information content (AvgIpc) is 2.72. The molecule has 2 N–H and O–H groups in total. The second-order valence-corrected chi connectivity index (χ2v) is 8.65. The Morgan fingerprint density at radius 3 is 2.69 bits per heavy atom. The van der Waals surface area contributed by atoms with Crippen LogP contribution in [0.1, 0.15) is 52.9 Å². The molecule has 0 spiro atoms. The Balaban J connectivity index is 1.77. The number of carboxylic acid groups (broad SMARTS) is 1. The molecule has 0 unspecified atom stereocenters. The number of pyridine rings is 1. The van der Waals surface area contributed by atoms with E-state index in [1.54, 1.807) is 29.2 Å². The van der Waals surface area contributed by atoms with Crippen LogP contribution in [0.5, 0.6) is 0 Å². The van der Waals surface area contributed by atoms with E-state index in [1.807, 2.05) is 39.0 Å². The van der Waals surface area contributed by atoms with Crippen molar-refractivity contribution in [3.05, 3.63) is 64.7 Å². The van der Waals surface area contributed by atoms with Gasteiger partial charge in [-0.3, -0.25) is 0 Å². The van der Waals surface area contributed by atoms with Crippen molar-refractivity contribution in [2.24, 2.45) is 0 Å². The number of fused-ring (bicyclic) bond motifs is 1. The summed E-state index contributed by atoms with van der Waals surface area (Å²) in [7, 11) is 0. The number of nitrogens with one attached hydrogen (secondary N) is 1. The number of alkyl halides is 2. The number of halogens is 2. The first-order valence-corrected chi connectivity index (χ1v) is 10.8. The van der Waals surface area contributed by atoms with Crippen LogP contribution in [0.2, 0.25) is 0 Å². The van der Waals surface area contributed by atoms with E-state index in [0.717, 1.165) is 27.6 Å². The third kappa shape index (κ3) is 4.38. The summed E-state index contributed by atoms with van der Waals surface area (Å²) in [6, 6.07) is 12.6. The number of carboxylic acids is 1. The third-order valence-corrected chi connectivity index (χ3v) is 5.94. The molecule has 168 valence electrons. The van der Waals surface area contributed by atoms with E-state index in [2.05, 4.69) is 5.32 Å². The highest BCUT2D eigenvalue weighted by Crippen LogP contribution is 2.34. The number of benzene rings is 2. The van der Waals surface area contributed by atoms with Gasteiger partial charge in [-0.1, -0.05) is 23.8 Å². The van der Waals surface area contributed by atoms with Crippen molar-refractivity contribution in [1.82, 2.24) is 4.98 Å². The molecule has 3 aromatic rings.